The molecule has 29 heavy (non-hydrogen) atoms. The summed E-state index contributed by atoms with van der Waals surface area (Å²) < 4.78 is 2.26. The Hall–Kier alpha value is -3.35. The molecular formula is C22H24N4O3. The van der Waals surface area contributed by atoms with Crippen LogP contribution in [0.4, 0.5) is 5.69 Å². The standard InChI is InChI=1S/C22H24N4O3/c1-4-25-19-8-6-5-7-17(19)18-11-15(9-10-20(18)25)23-22(28)21-12-16(24-29-3)13-26(21)14(2)27/h5-11,21H,4,12-13H2,1-3H3,(H,23,28)/b24-16+/t21-/m0/s1. The number of rotatable bonds is 4. The van der Waals surface area contributed by atoms with Gasteiger partial charge >= 0.3 is 0 Å². The van der Waals surface area contributed by atoms with Crippen LogP contribution in [-0.2, 0) is 21.0 Å². The second-order valence-electron chi connectivity index (χ2n) is 7.19. The Morgan fingerprint density at radius 2 is 1.93 bits per heavy atom. The molecule has 1 saturated heterocycles. The molecule has 0 spiro atoms. The van der Waals surface area contributed by atoms with Gasteiger partial charge in [-0.05, 0) is 31.2 Å². The molecule has 0 bridgehead atoms. The maximum absolute atomic E-state index is 12.9. The van der Waals surface area contributed by atoms with Gasteiger partial charge < -0.3 is 19.6 Å². The number of likely N-dealkylation sites (tertiary alicyclic amines) is 1. The normalized spacial score (nSPS) is 18.0. The Morgan fingerprint density at radius 1 is 1.17 bits per heavy atom. The van der Waals surface area contributed by atoms with Crippen molar-refractivity contribution < 1.29 is 14.4 Å². The van der Waals surface area contributed by atoms with E-state index < -0.39 is 6.04 Å². The van der Waals surface area contributed by atoms with Crippen LogP contribution in [0.5, 0.6) is 0 Å². The van der Waals surface area contributed by atoms with Gasteiger partial charge in [0.2, 0.25) is 11.8 Å². The molecule has 1 atom stereocenters. The molecule has 2 amide bonds. The second kappa shape index (κ2) is 7.58. The molecule has 7 nitrogen and oxygen atoms in total. The largest absolute Gasteiger partial charge is 0.399 e. The van der Waals surface area contributed by atoms with Crippen LogP contribution in [0, 0.1) is 0 Å². The molecule has 1 aliphatic rings. The van der Waals surface area contributed by atoms with Crippen LogP contribution in [0.15, 0.2) is 47.6 Å². The fourth-order valence-corrected chi connectivity index (χ4v) is 4.16. The van der Waals surface area contributed by atoms with Crippen molar-refractivity contribution in [2.45, 2.75) is 32.9 Å². The van der Waals surface area contributed by atoms with Crippen molar-refractivity contribution in [2.75, 3.05) is 19.0 Å². The molecule has 150 valence electrons. The van der Waals surface area contributed by atoms with E-state index >= 15 is 0 Å². The van der Waals surface area contributed by atoms with Gasteiger partial charge in [0.25, 0.3) is 0 Å². The minimum absolute atomic E-state index is 0.159. The molecule has 1 fully saturated rings. The Morgan fingerprint density at radius 3 is 2.66 bits per heavy atom. The molecule has 0 saturated carbocycles. The van der Waals surface area contributed by atoms with Crippen molar-refractivity contribution in [3.8, 4) is 0 Å². The maximum atomic E-state index is 12.9. The van der Waals surface area contributed by atoms with Crippen molar-refractivity contribution >= 4 is 45.0 Å². The molecule has 1 aromatic heterocycles. The number of fused-ring (bicyclic) bond motifs is 3. The Bertz CT molecular complexity index is 1130. The van der Waals surface area contributed by atoms with Gasteiger partial charge in [-0.25, -0.2) is 0 Å². The molecular weight excluding hydrogens is 368 g/mol. The molecule has 0 aliphatic carbocycles. The lowest BCUT2D eigenvalue weighted by Crippen LogP contribution is -2.42. The van der Waals surface area contributed by atoms with E-state index in [1.165, 1.54) is 24.5 Å². The van der Waals surface area contributed by atoms with E-state index in [1.54, 1.807) is 0 Å². The summed E-state index contributed by atoms with van der Waals surface area (Å²) in [6.07, 6.45) is 0.372. The van der Waals surface area contributed by atoms with Crippen molar-refractivity contribution in [1.82, 2.24) is 9.47 Å². The summed E-state index contributed by atoms with van der Waals surface area (Å²) in [6.45, 7) is 4.76. The summed E-state index contributed by atoms with van der Waals surface area (Å²) in [4.78, 5) is 31.2. The van der Waals surface area contributed by atoms with E-state index in [0.717, 1.165) is 22.8 Å². The number of nitrogens with zero attached hydrogens (tertiary/aromatic N) is 3. The number of aryl methyl sites for hydroxylation is 1. The highest BCUT2D eigenvalue weighted by Gasteiger charge is 2.36. The predicted octanol–water partition coefficient (Wildman–Crippen LogP) is 3.38. The lowest BCUT2D eigenvalue weighted by Gasteiger charge is -2.21. The first kappa shape index (κ1) is 19.0. The van der Waals surface area contributed by atoms with E-state index in [1.807, 2.05) is 30.3 Å². The van der Waals surface area contributed by atoms with E-state index in [2.05, 4.69) is 34.1 Å². The maximum Gasteiger partial charge on any atom is 0.247 e. The van der Waals surface area contributed by atoms with Crippen LogP contribution in [0.3, 0.4) is 0 Å². The fraction of sp³-hybridized carbons (Fsp3) is 0.318. The lowest BCUT2D eigenvalue weighted by molar-refractivity contribution is -0.134. The topological polar surface area (TPSA) is 75.9 Å². The number of carbonyl (C=O) groups is 2. The Balaban J connectivity index is 1.65. The van der Waals surface area contributed by atoms with Crippen molar-refractivity contribution in [3.63, 3.8) is 0 Å². The number of para-hydroxylation sites is 1. The molecule has 3 aromatic rings. The number of nitrogens with one attached hydrogen (secondary N) is 1. The molecule has 1 N–H and O–H groups in total. The van der Waals surface area contributed by atoms with E-state index in [9.17, 15) is 9.59 Å². The number of anilines is 1. The van der Waals surface area contributed by atoms with Gasteiger partial charge in [0.15, 0.2) is 0 Å². The number of hydrogen-bond acceptors (Lipinski definition) is 4. The summed E-state index contributed by atoms with van der Waals surface area (Å²) in [6, 6.07) is 13.6. The van der Waals surface area contributed by atoms with Gasteiger partial charge in [0.1, 0.15) is 13.2 Å². The monoisotopic (exact) mass is 392 g/mol. The third kappa shape index (κ3) is 3.33. The van der Waals surface area contributed by atoms with Crippen LogP contribution in [0.2, 0.25) is 0 Å². The smallest absolute Gasteiger partial charge is 0.247 e. The zero-order valence-electron chi connectivity index (χ0n) is 16.8. The minimum atomic E-state index is -0.589. The third-order valence-electron chi connectivity index (χ3n) is 5.44. The highest BCUT2D eigenvalue weighted by molar-refractivity contribution is 6.10. The molecule has 1 aliphatic heterocycles. The highest BCUT2D eigenvalue weighted by atomic mass is 16.6. The van der Waals surface area contributed by atoms with E-state index in [4.69, 9.17) is 4.84 Å². The van der Waals surface area contributed by atoms with Crippen molar-refractivity contribution in [2.24, 2.45) is 5.16 Å². The third-order valence-corrected chi connectivity index (χ3v) is 5.44. The average molecular weight is 392 g/mol. The number of oxime groups is 1. The molecule has 7 heteroatoms. The SMILES string of the molecule is CCn1c2ccccc2c2cc(NC(=O)[C@@H]3C/C(=N\OC)CN3C(C)=O)ccc21. The second-order valence-corrected chi connectivity index (χ2v) is 7.19. The molecule has 2 heterocycles. The van der Waals surface area contributed by atoms with Gasteiger partial charge in [-0.1, -0.05) is 23.4 Å². The summed E-state index contributed by atoms with van der Waals surface area (Å²) in [5.74, 6) is -0.381. The number of benzene rings is 2. The zero-order chi connectivity index (χ0) is 20.5. The van der Waals surface area contributed by atoms with Crippen LogP contribution >= 0.6 is 0 Å². The predicted molar refractivity (Wildman–Crippen MR) is 114 cm³/mol. The number of amides is 2. The zero-order valence-corrected chi connectivity index (χ0v) is 16.8. The lowest BCUT2D eigenvalue weighted by atomic mass is 10.1. The van der Waals surface area contributed by atoms with Gasteiger partial charge in [0.05, 0.1) is 12.3 Å². The Labute approximate surface area is 168 Å². The quantitative estimate of drug-likeness (QED) is 0.692. The van der Waals surface area contributed by atoms with Crippen LogP contribution in [-0.4, -0.2) is 46.7 Å². The first-order valence-electron chi connectivity index (χ1n) is 9.71. The van der Waals surface area contributed by atoms with Gasteiger partial charge in [0, 0.05) is 47.4 Å². The molecule has 0 radical (unpaired) electrons. The average Bonchev–Trinajstić information content (AvgIpc) is 3.27. The highest BCUT2D eigenvalue weighted by Crippen LogP contribution is 2.31. The minimum Gasteiger partial charge on any atom is -0.399 e. The van der Waals surface area contributed by atoms with Crippen LogP contribution < -0.4 is 5.32 Å². The number of hydrogen-bond donors (Lipinski definition) is 1. The fourth-order valence-electron chi connectivity index (χ4n) is 4.16. The first-order chi connectivity index (χ1) is 14.0. The van der Waals surface area contributed by atoms with E-state index in [0.29, 0.717) is 24.4 Å². The number of aromatic nitrogens is 1. The van der Waals surface area contributed by atoms with Crippen molar-refractivity contribution in [1.29, 1.82) is 0 Å². The van der Waals surface area contributed by atoms with Crippen LogP contribution in [0.1, 0.15) is 20.3 Å². The van der Waals surface area contributed by atoms with E-state index in [-0.39, 0.29) is 11.8 Å². The molecule has 0 unspecified atom stereocenters. The molecule has 2 aromatic carbocycles. The van der Waals surface area contributed by atoms with Crippen LogP contribution in [0.25, 0.3) is 21.8 Å². The first-order valence-corrected chi connectivity index (χ1v) is 9.71. The molecule has 4 rings (SSSR count). The van der Waals surface area contributed by atoms with Gasteiger partial charge in [-0.15, -0.1) is 0 Å². The van der Waals surface area contributed by atoms with Gasteiger partial charge in [-0.2, -0.15) is 0 Å². The van der Waals surface area contributed by atoms with Crippen molar-refractivity contribution in [3.05, 3.63) is 42.5 Å². The summed E-state index contributed by atoms with van der Waals surface area (Å²) in [5, 5.41) is 9.15. The summed E-state index contributed by atoms with van der Waals surface area (Å²) in [7, 11) is 1.46. The van der Waals surface area contributed by atoms with Gasteiger partial charge in [-0.3, -0.25) is 9.59 Å². The summed E-state index contributed by atoms with van der Waals surface area (Å²) in [5.41, 5.74) is 3.70. The Kier molecular flexibility index (Phi) is 4.96. The number of carbonyl (C=O) groups excluding carboxylic acids is 2. The summed E-state index contributed by atoms with van der Waals surface area (Å²) >= 11 is 0.